The summed E-state index contributed by atoms with van der Waals surface area (Å²) in [7, 11) is 4.05. The first-order valence-electron chi connectivity index (χ1n) is 9.49. The third-order valence-electron chi connectivity index (χ3n) is 4.77. The van der Waals surface area contributed by atoms with Crippen molar-refractivity contribution < 1.29 is 4.79 Å². The first-order chi connectivity index (χ1) is 13.9. The van der Waals surface area contributed by atoms with Gasteiger partial charge >= 0.3 is 0 Å². The molecule has 0 bridgehead atoms. The number of rotatable bonds is 7. The number of benzene rings is 3. The molecule has 0 fully saturated rings. The van der Waals surface area contributed by atoms with Crippen molar-refractivity contribution >= 4 is 29.1 Å². The molecule has 0 aliphatic rings. The van der Waals surface area contributed by atoms with E-state index >= 15 is 0 Å². The summed E-state index contributed by atoms with van der Waals surface area (Å²) in [6.45, 7) is 0.864. The van der Waals surface area contributed by atoms with E-state index in [9.17, 15) is 4.79 Å². The van der Waals surface area contributed by atoms with Crippen LogP contribution in [0.15, 0.2) is 72.8 Å². The second kappa shape index (κ2) is 9.93. The predicted octanol–water partition coefficient (Wildman–Crippen LogP) is 6.08. The highest BCUT2D eigenvalue weighted by atomic mass is 35.5. The van der Waals surface area contributed by atoms with E-state index in [1.807, 2.05) is 86.9 Å². The van der Waals surface area contributed by atoms with Gasteiger partial charge in [0.25, 0.3) is 5.91 Å². The number of hydrogen-bond acceptors (Lipinski definition) is 2. The lowest BCUT2D eigenvalue weighted by atomic mass is 10.0. The average Bonchev–Trinajstić information content (AvgIpc) is 2.72. The lowest BCUT2D eigenvalue weighted by Crippen LogP contribution is -2.31. The number of carbonyl (C=O) groups excluding carboxylic acids is 1. The van der Waals surface area contributed by atoms with Crippen molar-refractivity contribution in [2.75, 3.05) is 20.6 Å². The molecule has 150 valence electrons. The summed E-state index contributed by atoms with van der Waals surface area (Å²) < 4.78 is 0. The maximum absolute atomic E-state index is 12.9. The fraction of sp³-hybridized carbons (Fsp3) is 0.208. The van der Waals surface area contributed by atoms with Gasteiger partial charge in [0.15, 0.2) is 0 Å². The van der Waals surface area contributed by atoms with Crippen LogP contribution in [0, 0.1) is 0 Å². The van der Waals surface area contributed by atoms with Gasteiger partial charge in [-0.1, -0.05) is 59.6 Å². The van der Waals surface area contributed by atoms with Crippen molar-refractivity contribution in [3.05, 3.63) is 94.0 Å². The van der Waals surface area contributed by atoms with Gasteiger partial charge in [-0.25, -0.2) is 0 Å². The molecule has 3 aromatic rings. The Hall–Kier alpha value is -2.33. The van der Waals surface area contributed by atoms with Crippen LogP contribution in [0.25, 0.3) is 11.1 Å². The van der Waals surface area contributed by atoms with Gasteiger partial charge in [0, 0.05) is 15.6 Å². The number of hydrogen-bond donors (Lipinski definition) is 1. The highest BCUT2D eigenvalue weighted by Crippen LogP contribution is 2.23. The van der Waals surface area contributed by atoms with E-state index in [0.29, 0.717) is 15.6 Å². The summed E-state index contributed by atoms with van der Waals surface area (Å²) in [6, 6.07) is 22.8. The first-order valence-corrected chi connectivity index (χ1v) is 10.2. The van der Waals surface area contributed by atoms with Crippen molar-refractivity contribution in [1.29, 1.82) is 0 Å². The minimum atomic E-state index is -0.0913. The van der Waals surface area contributed by atoms with Gasteiger partial charge in [0.1, 0.15) is 0 Å². The summed E-state index contributed by atoms with van der Waals surface area (Å²) in [4.78, 5) is 15.0. The number of carbonyl (C=O) groups is 1. The largest absolute Gasteiger partial charge is 0.345 e. The van der Waals surface area contributed by atoms with Crippen molar-refractivity contribution in [3.8, 4) is 11.1 Å². The maximum atomic E-state index is 12.9. The summed E-state index contributed by atoms with van der Waals surface area (Å²) in [5, 5.41) is 4.55. The highest BCUT2D eigenvalue weighted by Gasteiger charge is 2.16. The van der Waals surface area contributed by atoms with Gasteiger partial charge in [-0.05, 0) is 80.1 Å². The smallest absolute Gasteiger partial charge is 0.251 e. The van der Waals surface area contributed by atoms with E-state index in [2.05, 4.69) is 10.2 Å². The molecule has 0 heterocycles. The Morgan fingerprint density at radius 3 is 1.83 bits per heavy atom. The van der Waals surface area contributed by atoms with Gasteiger partial charge in [-0.15, -0.1) is 0 Å². The fourth-order valence-electron chi connectivity index (χ4n) is 3.10. The molecule has 0 aromatic heterocycles. The van der Waals surface area contributed by atoms with Gasteiger partial charge < -0.3 is 10.2 Å². The molecule has 0 spiro atoms. The summed E-state index contributed by atoms with van der Waals surface area (Å²) in [5.41, 5.74) is 3.78. The van der Waals surface area contributed by atoms with Crippen molar-refractivity contribution in [1.82, 2.24) is 10.2 Å². The quantitative estimate of drug-likeness (QED) is 0.495. The van der Waals surface area contributed by atoms with Crippen LogP contribution in [-0.2, 0) is 0 Å². The van der Waals surface area contributed by atoms with Crippen molar-refractivity contribution in [3.63, 3.8) is 0 Å². The normalized spacial score (nSPS) is 12.0. The van der Waals surface area contributed by atoms with Crippen molar-refractivity contribution in [2.45, 2.75) is 12.5 Å². The second-order valence-corrected chi connectivity index (χ2v) is 8.13. The van der Waals surface area contributed by atoms with Gasteiger partial charge in [0.2, 0.25) is 0 Å². The Bertz CT molecular complexity index is 936. The zero-order valence-electron chi connectivity index (χ0n) is 16.5. The first kappa shape index (κ1) is 21.4. The van der Waals surface area contributed by atoms with E-state index in [1.165, 1.54) is 0 Å². The lowest BCUT2D eigenvalue weighted by Gasteiger charge is -2.21. The average molecular weight is 427 g/mol. The number of nitrogens with one attached hydrogen (secondary N) is 1. The van der Waals surface area contributed by atoms with Crippen LogP contribution in [0.4, 0.5) is 0 Å². The lowest BCUT2D eigenvalue weighted by molar-refractivity contribution is 0.0932. The molecule has 3 rings (SSSR count). The summed E-state index contributed by atoms with van der Waals surface area (Å²) >= 11 is 12.0. The maximum Gasteiger partial charge on any atom is 0.251 e. The molecule has 0 aliphatic carbocycles. The zero-order chi connectivity index (χ0) is 20.8. The van der Waals surface area contributed by atoms with E-state index in [1.54, 1.807) is 0 Å². The SMILES string of the molecule is CN(C)CC[C@H](NC(=O)c1ccc(-c2ccc(Cl)cc2)cc1)c1ccc(Cl)cc1. The van der Waals surface area contributed by atoms with Crippen LogP contribution in [0.3, 0.4) is 0 Å². The molecule has 3 aromatic carbocycles. The van der Waals surface area contributed by atoms with Crippen LogP contribution < -0.4 is 5.32 Å². The number of halogens is 2. The fourth-order valence-corrected chi connectivity index (χ4v) is 3.35. The van der Waals surface area contributed by atoms with E-state index in [-0.39, 0.29) is 11.9 Å². The molecule has 1 N–H and O–H groups in total. The highest BCUT2D eigenvalue weighted by molar-refractivity contribution is 6.30. The Kier molecular flexibility index (Phi) is 7.32. The molecule has 0 aliphatic heterocycles. The summed E-state index contributed by atoms with van der Waals surface area (Å²) in [5.74, 6) is -0.0913. The summed E-state index contributed by atoms with van der Waals surface area (Å²) in [6.07, 6.45) is 0.809. The van der Waals surface area contributed by atoms with Crippen LogP contribution in [0.5, 0.6) is 0 Å². The van der Waals surface area contributed by atoms with Crippen LogP contribution >= 0.6 is 23.2 Å². The molecule has 5 heteroatoms. The molecule has 0 radical (unpaired) electrons. The molecule has 0 unspecified atom stereocenters. The van der Waals surface area contributed by atoms with Gasteiger partial charge in [-0.3, -0.25) is 4.79 Å². The molecule has 0 saturated heterocycles. The topological polar surface area (TPSA) is 32.3 Å². The minimum absolute atomic E-state index is 0.0851. The van der Waals surface area contributed by atoms with E-state index in [0.717, 1.165) is 29.7 Å². The molecule has 1 atom stereocenters. The Labute approximate surface area is 182 Å². The standard InChI is InChI=1S/C24H24Cl2N2O/c1-28(2)16-15-23(19-9-13-22(26)14-10-19)27-24(29)20-5-3-17(4-6-20)18-7-11-21(25)12-8-18/h3-14,23H,15-16H2,1-2H3,(H,27,29)/t23-/m0/s1. The Morgan fingerprint density at radius 1 is 0.828 bits per heavy atom. The molecular formula is C24H24Cl2N2O. The zero-order valence-corrected chi connectivity index (χ0v) is 18.0. The Morgan fingerprint density at radius 2 is 1.31 bits per heavy atom. The number of nitrogens with zero attached hydrogens (tertiary/aromatic N) is 1. The predicted molar refractivity (Wildman–Crippen MR) is 122 cm³/mol. The van der Waals surface area contributed by atoms with Gasteiger partial charge in [0.05, 0.1) is 6.04 Å². The molecule has 29 heavy (non-hydrogen) atoms. The molecule has 0 saturated carbocycles. The van der Waals surface area contributed by atoms with Crippen LogP contribution in [0.1, 0.15) is 28.4 Å². The second-order valence-electron chi connectivity index (χ2n) is 7.25. The third kappa shape index (κ3) is 6.07. The molecule has 1 amide bonds. The van der Waals surface area contributed by atoms with Crippen LogP contribution in [-0.4, -0.2) is 31.4 Å². The van der Waals surface area contributed by atoms with Gasteiger partial charge in [-0.2, -0.15) is 0 Å². The van der Waals surface area contributed by atoms with Crippen LogP contribution in [0.2, 0.25) is 10.0 Å². The Balaban J connectivity index is 1.74. The molecular weight excluding hydrogens is 403 g/mol. The minimum Gasteiger partial charge on any atom is -0.345 e. The number of amides is 1. The van der Waals surface area contributed by atoms with E-state index < -0.39 is 0 Å². The monoisotopic (exact) mass is 426 g/mol. The third-order valence-corrected chi connectivity index (χ3v) is 5.27. The van der Waals surface area contributed by atoms with E-state index in [4.69, 9.17) is 23.2 Å². The molecule has 3 nitrogen and oxygen atoms in total. The van der Waals surface area contributed by atoms with Crippen molar-refractivity contribution in [2.24, 2.45) is 0 Å².